The van der Waals surface area contributed by atoms with Crippen LogP contribution in [0.4, 0.5) is 0 Å². The van der Waals surface area contributed by atoms with Crippen molar-refractivity contribution in [3.63, 3.8) is 0 Å². The summed E-state index contributed by atoms with van der Waals surface area (Å²) in [5.74, 6) is 0. The van der Waals surface area contributed by atoms with Gasteiger partial charge in [0.15, 0.2) is 0 Å². The van der Waals surface area contributed by atoms with E-state index in [9.17, 15) is 0 Å². The van der Waals surface area contributed by atoms with Gasteiger partial charge in [-0.1, -0.05) is 164 Å². The zero-order chi connectivity index (χ0) is 32.3. The van der Waals surface area contributed by atoms with Crippen molar-refractivity contribution < 1.29 is 4.42 Å². The van der Waals surface area contributed by atoms with E-state index in [1.807, 2.05) is 6.07 Å². The first-order chi connectivity index (χ1) is 24.3. The van der Waals surface area contributed by atoms with E-state index in [-0.39, 0.29) is 0 Å². The Morgan fingerprint density at radius 3 is 1.49 bits per heavy atom. The van der Waals surface area contributed by atoms with Gasteiger partial charge in [-0.15, -0.1) is 0 Å². The lowest BCUT2D eigenvalue weighted by atomic mass is 9.81. The molecule has 0 unspecified atom stereocenters. The summed E-state index contributed by atoms with van der Waals surface area (Å²) in [5, 5.41) is 9.70. The molecule has 0 saturated carbocycles. The fourth-order valence-corrected chi connectivity index (χ4v) is 7.94. The van der Waals surface area contributed by atoms with Crippen molar-refractivity contribution in [3.8, 4) is 44.5 Å². The summed E-state index contributed by atoms with van der Waals surface area (Å²) in [6.07, 6.45) is 0. The molecule has 0 saturated heterocycles. The molecule has 1 nitrogen and oxygen atoms in total. The predicted molar refractivity (Wildman–Crippen MR) is 208 cm³/mol. The first kappa shape index (κ1) is 27.7. The third-order valence-corrected chi connectivity index (χ3v) is 10.1. The molecule has 9 aromatic carbocycles. The van der Waals surface area contributed by atoms with Crippen LogP contribution in [0.25, 0.3) is 98.8 Å². The molecule has 0 N–H and O–H groups in total. The standard InChI is InChI=1S/C48H30O/c1-2-15-32(16-3-1)42-30-46-43(36-21-12-13-28-45(36)49-46)29-44(42)48-40-25-10-8-23-38(40)47(39-24-9-11-26-41(39)48)37-22-7-6-20-35(37)34-27-14-18-31-17-4-5-19-33(31)34/h1-30H. The minimum Gasteiger partial charge on any atom is -0.456 e. The van der Waals surface area contributed by atoms with Crippen LogP contribution in [-0.4, -0.2) is 0 Å². The van der Waals surface area contributed by atoms with Crippen molar-refractivity contribution in [2.45, 2.75) is 0 Å². The van der Waals surface area contributed by atoms with Crippen LogP contribution in [0.1, 0.15) is 0 Å². The summed E-state index contributed by atoms with van der Waals surface area (Å²) in [4.78, 5) is 0. The molecule has 0 aliphatic rings. The molecule has 1 heterocycles. The van der Waals surface area contributed by atoms with Crippen LogP contribution >= 0.6 is 0 Å². The first-order valence-corrected chi connectivity index (χ1v) is 16.9. The smallest absolute Gasteiger partial charge is 0.136 e. The highest BCUT2D eigenvalue weighted by atomic mass is 16.3. The van der Waals surface area contributed by atoms with Crippen molar-refractivity contribution in [2.75, 3.05) is 0 Å². The monoisotopic (exact) mass is 622 g/mol. The van der Waals surface area contributed by atoms with Gasteiger partial charge in [0, 0.05) is 10.8 Å². The molecule has 0 aliphatic carbocycles. The summed E-state index contributed by atoms with van der Waals surface area (Å²) in [7, 11) is 0. The van der Waals surface area contributed by atoms with Gasteiger partial charge in [0.05, 0.1) is 0 Å². The number of fused-ring (bicyclic) bond motifs is 6. The van der Waals surface area contributed by atoms with Crippen LogP contribution in [0, 0.1) is 0 Å². The largest absolute Gasteiger partial charge is 0.456 e. The molecule has 0 bridgehead atoms. The average molecular weight is 623 g/mol. The molecule has 0 radical (unpaired) electrons. The van der Waals surface area contributed by atoms with Gasteiger partial charge in [-0.25, -0.2) is 0 Å². The third kappa shape index (κ3) is 4.33. The molecule has 1 heteroatoms. The zero-order valence-electron chi connectivity index (χ0n) is 26.7. The number of hydrogen-bond acceptors (Lipinski definition) is 1. The maximum atomic E-state index is 6.44. The molecule has 0 aliphatic heterocycles. The Kier molecular flexibility index (Phi) is 6.25. The minimum absolute atomic E-state index is 0.901. The Bertz CT molecular complexity index is 2810. The van der Waals surface area contributed by atoms with Crippen molar-refractivity contribution in [1.29, 1.82) is 0 Å². The van der Waals surface area contributed by atoms with Crippen LogP contribution in [0.2, 0.25) is 0 Å². The van der Waals surface area contributed by atoms with E-state index in [4.69, 9.17) is 4.42 Å². The molecule has 49 heavy (non-hydrogen) atoms. The second kappa shape index (κ2) is 11.1. The summed E-state index contributed by atoms with van der Waals surface area (Å²) in [5.41, 5.74) is 11.5. The summed E-state index contributed by atoms with van der Waals surface area (Å²) in [6.45, 7) is 0. The summed E-state index contributed by atoms with van der Waals surface area (Å²) >= 11 is 0. The number of rotatable bonds is 4. The number of benzene rings is 9. The average Bonchev–Trinajstić information content (AvgIpc) is 3.54. The molecule has 228 valence electrons. The van der Waals surface area contributed by atoms with Crippen molar-refractivity contribution in [3.05, 3.63) is 182 Å². The predicted octanol–water partition coefficient (Wildman–Crippen LogP) is 13.7. The first-order valence-electron chi connectivity index (χ1n) is 16.9. The van der Waals surface area contributed by atoms with Crippen LogP contribution in [0.15, 0.2) is 186 Å². The minimum atomic E-state index is 0.901. The van der Waals surface area contributed by atoms with Gasteiger partial charge < -0.3 is 4.42 Å². The van der Waals surface area contributed by atoms with Gasteiger partial charge in [-0.3, -0.25) is 0 Å². The van der Waals surface area contributed by atoms with E-state index < -0.39 is 0 Å². The Balaban J connectivity index is 1.34. The highest BCUT2D eigenvalue weighted by Crippen LogP contribution is 2.49. The Morgan fingerprint density at radius 1 is 0.265 bits per heavy atom. The van der Waals surface area contributed by atoms with Crippen LogP contribution in [-0.2, 0) is 0 Å². The van der Waals surface area contributed by atoms with Gasteiger partial charge in [-0.05, 0) is 95.0 Å². The maximum Gasteiger partial charge on any atom is 0.136 e. The van der Waals surface area contributed by atoms with E-state index in [1.165, 1.54) is 71.3 Å². The van der Waals surface area contributed by atoms with E-state index in [0.717, 1.165) is 27.5 Å². The van der Waals surface area contributed by atoms with E-state index in [2.05, 4.69) is 176 Å². The molecular formula is C48H30O. The Labute approximate surface area is 284 Å². The summed E-state index contributed by atoms with van der Waals surface area (Å²) < 4.78 is 6.44. The van der Waals surface area contributed by atoms with Crippen molar-refractivity contribution >= 4 is 54.3 Å². The van der Waals surface area contributed by atoms with E-state index in [1.54, 1.807) is 0 Å². The highest BCUT2D eigenvalue weighted by molar-refractivity contribution is 6.24. The molecule has 0 amide bonds. The fourth-order valence-electron chi connectivity index (χ4n) is 7.94. The van der Waals surface area contributed by atoms with Crippen LogP contribution in [0.3, 0.4) is 0 Å². The molecule has 10 rings (SSSR count). The Hall–Kier alpha value is -6.44. The lowest BCUT2D eigenvalue weighted by Gasteiger charge is -2.21. The topological polar surface area (TPSA) is 13.1 Å². The molecule has 10 aromatic rings. The SMILES string of the molecule is c1ccc(-c2cc3oc4ccccc4c3cc2-c2c3ccccc3c(-c3ccccc3-c3cccc4ccccc34)c3ccccc23)cc1. The molecule has 0 spiro atoms. The van der Waals surface area contributed by atoms with Gasteiger partial charge >= 0.3 is 0 Å². The molecule has 0 atom stereocenters. The summed E-state index contributed by atoms with van der Waals surface area (Å²) in [6, 6.07) is 65.8. The number of para-hydroxylation sites is 1. The normalized spacial score (nSPS) is 11.7. The van der Waals surface area contributed by atoms with E-state index in [0.29, 0.717) is 0 Å². The lowest BCUT2D eigenvalue weighted by molar-refractivity contribution is 0.669. The fraction of sp³-hybridized carbons (Fsp3) is 0. The highest BCUT2D eigenvalue weighted by Gasteiger charge is 2.22. The molecular weight excluding hydrogens is 593 g/mol. The third-order valence-electron chi connectivity index (χ3n) is 10.1. The lowest BCUT2D eigenvalue weighted by Crippen LogP contribution is -1.94. The van der Waals surface area contributed by atoms with Gasteiger partial charge in [0.25, 0.3) is 0 Å². The van der Waals surface area contributed by atoms with Crippen LogP contribution in [0.5, 0.6) is 0 Å². The number of furan rings is 1. The van der Waals surface area contributed by atoms with Gasteiger partial charge in [0.1, 0.15) is 11.2 Å². The van der Waals surface area contributed by atoms with E-state index >= 15 is 0 Å². The molecule has 0 fully saturated rings. The second-order valence-electron chi connectivity index (χ2n) is 12.8. The van der Waals surface area contributed by atoms with Crippen molar-refractivity contribution in [2.24, 2.45) is 0 Å². The molecule has 1 aromatic heterocycles. The van der Waals surface area contributed by atoms with Crippen molar-refractivity contribution in [1.82, 2.24) is 0 Å². The Morgan fingerprint density at radius 2 is 0.776 bits per heavy atom. The zero-order valence-corrected chi connectivity index (χ0v) is 26.7. The quantitative estimate of drug-likeness (QED) is 0.178. The van der Waals surface area contributed by atoms with Crippen LogP contribution < -0.4 is 0 Å². The number of hydrogen-bond donors (Lipinski definition) is 0. The van der Waals surface area contributed by atoms with Gasteiger partial charge in [0.2, 0.25) is 0 Å². The van der Waals surface area contributed by atoms with Gasteiger partial charge in [-0.2, -0.15) is 0 Å². The second-order valence-corrected chi connectivity index (χ2v) is 12.8. The maximum absolute atomic E-state index is 6.44.